The minimum absolute atomic E-state index is 0.0632. The normalized spacial score (nSPS) is 26.9. The first-order chi connectivity index (χ1) is 15.6. The quantitative estimate of drug-likeness (QED) is 0.488. The molecule has 1 aliphatic carbocycles. The number of hydrogen-bond donors (Lipinski definition) is 0. The van der Waals surface area contributed by atoms with Gasteiger partial charge in [0.2, 0.25) is 0 Å². The van der Waals surface area contributed by atoms with Gasteiger partial charge < -0.3 is 9.64 Å². The van der Waals surface area contributed by atoms with E-state index in [-0.39, 0.29) is 29.8 Å². The third-order valence-corrected chi connectivity index (χ3v) is 11.1. The second kappa shape index (κ2) is 10.9. The number of benzene rings is 1. The van der Waals surface area contributed by atoms with Crippen LogP contribution < -0.4 is 4.90 Å². The summed E-state index contributed by atoms with van der Waals surface area (Å²) in [6.45, 7) is 11.8. The average Bonchev–Trinajstić information content (AvgIpc) is 2.78. The fourth-order valence-electron chi connectivity index (χ4n) is 5.41. The SMILES string of the molecule is CCC(C)(CC)S(=O)(=O)CC1CCC(C(=O)Cc2ccc(N3C[C@@H](C)O[C@@H](C)C3)cc2)CC1. The van der Waals surface area contributed by atoms with Crippen LogP contribution in [-0.2, 0) is 25.8 Å². The molecule has 186 valence electrons. The summed E-state index contributed by atoms with van der Waals surface area (Å²) in [5, 5.41) is 0. The average molecular weight is 478 g/mol. The Morgan fingerprint density at radius 1 is 1.00 bits per heavy atom. The zero-order chi connectivity index (χ0) is 24.2. The lowest BCUT2D eigenvalue weighted by Gasteiger charge is -2.37. The smallest absolute Gasteiger partial charge is 0.155 e. The molecular formula is C27H43NO4S. The Morgan fingerprint density at radius 2 is 1.55 bits per heavy atom. The van der Waals surface area contributed by atoms with E-state index in [9.17, 15) is 13.2 Å². The molecule has 2 aliphatic rings. The van der Waals surface area contributed by atoms with Gasteiger partial charge in [-0.1, -0.05) is 26.0 Å². The highest BCUT2D eigenvalue weighted by molar-refractivity contribution is 7.92. The lowest BCUT2D eigenvalue weighted by molar-refractivity contribution is -0.123. The number of nitrogens with zero attached hydrogens (tertiary/aromatic N) is 1. The van der Waals surface area contributed by atoms with Crippen LogP contribution in [0.2, 0.25) is 0 Å². The molecule has 1 aliphatic heterocycles. The Balaban J connectivity index is 1.50. The third kappa shape index (κ3) is 6.39. The number of sulfone groups is 1. The first-order valence-corrected chi connectivity index (χ1v) is 14.5. The standard InChI is InChI=1S/C27H43NO4S/c1-6-27(5,7-2)33(30,31)19-23-8-12-24(13-9-23)26(29)16-22-10-14-25(15-11-22)28-17-20(3)32-21(4)18-28/h10-11,14-15,20-21,23-24H,6-9,12-13,16-19H2,1-5H3/t20-,21+,23?,24?. The monoisotopic (exact) mass is 477 g/mol. The van der Waals surface area contributed by atoms with E-state index in [0.717, 1.165) is 44.3 Å². The minimum Gasteiger partial charge on any atom is -0.372 e. The fourth-order valence-corrected chi connectivity index (χ4v) is 7.65. The summed E-state index contributed by atoms with van der Waals surface area (Å²) in [6, 6.07) is 8.39. The van der Waals surface area contributed by atoms with Gasteiger partial charge in [-0.2, -0.15) is 0 Å². The minimum atomic E-state index is -3.13. The number of anilines is 1. The molecule has 0 aromatic heterocycles. The predicted octanol–water partition coefficient (Wildman–Crippen LogP) is 5.21. The van der Waals surface area contributed by atoms with Crippen LogP contribution in [0.5, 0.6) is 0 Å². The molecule has 0 N–H and O–H groups in total. The van der Waals surface area contributed by atoms with Gasteiger partial charge in [-0.05, 0) is 82.9 Å². The molecule has 6 heteroatoms. The Kier molecular flexibility index (Phi) is 8.66. The van der Waals surface area contributed by atoms with Crippen molar-refractivity contribution in [1.29, 1.82) is 0 Å². The Hall–Kier alpha value is -1.40. The topological polar surface area (TPSA) is 63.7 Å². The Labute approximate surface area is 201 Å². The van der Waals surface area contributed by atoms with Crippen molar-refractivity contribution in [1.82, 2.24) is 0 Å². The molecule has 2 atom stereocenters. The summed E-state index contributed by atoms with van der Waals surface area (Å²) in [6.07, 6.45) is 5.52. The van der Waals surface area contributed by atoms with Gasteiger partial charge in [-0.3, -0.25) is 4.79 Å². The van der Waals surface area contributed by atoms with Gasteiger partial charge in [0, 0.05) is 31.1 Å². The molecule has 0 spiro atoms. The third-order valence-electron chi connectivity index (χ3n) is 8.10. The first-order valence-electron chi connectivity index (χ1n) is 12.8. The van der Waals surface area contributed by atoms with Crippen molar-refractivity contribution in [3.8, 4) is 0 Å². The van der Waals surface area contributed by atoms with Gasteiger partial charge in [0.25, 0.3) is 0 Å². The fraction of sp³-hybridized carbons (Fsp3) is 0.741. The number of carbonyl (C=O) groups is 1. The molecule has 1 saturated carbocycles. The predicted molar refractivity (Wildman–Crippen MR) is 136 cm³/mol. The van der Waals surface area contributed by atoms with Crippen LogP contribution in [0.3, 0.4) is 0 Å². The number of morpholine rings is 1. The van der Waals surface area contributed by atoms with E-state index in [0.29, 0.717) is 25.0 Å². The highest BCUT2D eigenvalue weighted by atomic mass is 32.2. The summed E-state index contributed by atoms with van der Waals surface area (Å²) in [4.78, 5) is 15.3. The van der Waals surface area contributed by atoms with Crippen molar-refractivity contribution in [2.45, 2.75) is 96.5 Å². The van der Waals surface area contributed by atoms with Crippen LogP contribution in [0.1, 0.15) is 78.7 Å². The van der Waals surface area contributed by atoms with Crippen LogP contribution in [-0.4, -0.2) is 50.0 Å². The van der Waals surface area contributed by atoms with Crippen molar-refractivity contribution in [3.63, 3.8) is 0 Å². The molecule has 1 aromatic rings. The Morgan fingerprint density at radius 3 is 2.06 bits per heavy atom. The van der Waals surface area contributed by atoms with E-state index in [4.69, 9.17) is 4.74 Å². The molecule has 33 heavy (non-hydrogen) atoms. The van der Waals surface area contributed by atoms with Crippen LogP contribution in [0.15, 0.2) is 24.3 Å². The highest BCUT2D eigenvalue weighted by Crippen LogP contribution is 2.35. The second-order valence-electron chi connectivity index (χ2n) is 10.6. The molecule has 2 fully saturated rings. The number of hydrogen-bond acceptors (Lipinski definition) is 5. The molecular weight excluding hydrogens is 434 g/mol. The summed E-state index contributed by atoms with van der Waals surface area (Å²) < 4.78 is 31.1. The van der Waals surface area contributed by atoms with Crippen LogP contribution in [0, 0.1) is 11.8 Å². The van der Waals surface area contributed by atoms with Gasteiger partial charge in [0.15, 0.2) is 9.84 Å². The zero-order valence-electron chi connectivity index (χ0n) is 21.2. The van der Waals surface area contributed by atoms with Crippen molar-refractivity contribution in [3.05, 3.63) is 29.8 Å². The summed E-state index contributed by atoms with van der Waals surface area (Å²) in [5.41, 5.74) is 2.24. The van der Waals surface area contributed by atoms with E-state index >= 15 is 0 Å². The lowest BCUT2D eigenvalue weighted by atomic mass is 9.79. The van der Waals surface area contributed by atoms with Crippen LogP contribution >= 0.6 is 0 Å². The second-order valence-corrected chi connectivity index (χ2v) is 13.2. The Bertz CT molecular complexity index is 873. The molecule has 5 nitrogen and oxygen atoms in total. The van der Waals surface area contributed by atoms with Gasteiger partial charge in [0.05, 0.1) is 22.7 Å². The maximum Gasteiger partial charge on any atom is 0.155 e. The highest BCUT2D eigenvalue weighted by Gasteiger charge is 2.38. The van der Waals surface area contributed by atoms with E-state index in [1.807, 2.05) is 20.8 Å². The molecule has 0 amide bonds. The molecule has 3 rings (SSSR count). The molecule has 0 bridgehead atoms. The molecule has 1 heterocycles. The maximum atomic E-state index is 12.9. The van der Waals surface area contributed by atoms with E-state index in [1.54, 1.807) is 0 Å². The van der Waals surface area contributed by atoms with Crippen molar-refractivity contribution in [2.75, 3.05) is 23.7 Å². The molecule has 0 unspecified atom stereocenters. The van der Waals surface area contributed by atoms with Gasteiger partial charge in [-0.25, -0.2) is 8.42 Å². The summed E-state index contributed by atoms with van der Waals surface area (Å²) in [5.74, 6) is 0.818. The molecule has 1 aromatic carbocycles. The zero-order valence-corrected chi connectivity index (χ0v) is 22.0. The van der Waals surface area contributed by atoms with Crippen LogP contribution in [0.25, 0.3) is 0 Å². The van der Waals surface area contributed by atoms with Gasteiger partial charge >= 0.3 is 0 Å². The first kappa shape index (κ1) is 26.2. The summed E-state index contributed by atoms with van der Waals surface area (Å²) >= 11 is 0. The number of ether oxygens (including phenoxy) is 1. The molecule has 1 saturated heterocycles. The van der Waals surface area contributed by atoms with Crippen molar-refractivity contribution in [2.24, 2.45) is 11.8 Å². The maximum absolute atomic E-state index is 12.9. The van der Waals surface area contributed by atoms with Crippen molar-refractivity contribution >= 4 is 21.3 Å². The summed E-state index contributed by atoms with van der Waals surface area (Å²) in [7, 11) is -3.13. The van der Waals surface area contributed by atoms with Gasteiger partial charge in [-0.15, -0.1) is 0 Å². The number of ketones is 1. The van der Waals surface area contributed by atoms with E-state index in [2.05, 4.69) is 43.0 Å². The number of carbonyl (C=O) groups excluding carboxylic acids is 1. The molecule has 0 radical (unpaired) electrons. The largest absolute Gasteiger partial charge is 0.372 e. The van der Waals surface area contributed by atoms with Crippen LogP contribution in [0.4, 0.5) is 5.69 Å². The number of rotatable bonds is 9. The number of Topliss-reactive ketones (excluding diaryl/α,β-unsaturated/α-hetero) is 1. The van der Waals surface area contributed by atoms with Crippen molar-refractivity contribution < 1.29 is 17.9 Å². The van der Waals surface area contributed by atoms with E-state index < -0.39 is 14.6 Å². The van der Waals surface area contributed by atoms with E-state index in [1.165, 1.54) is 5.69 Å². The van der Waals surface area contributed by atoms with Gasteiger partial charge in [0.1, 0.15) is 5.78 Å². The lowest BCUT2D eigenvalue weighted by Crippen LogP contribution is -2.45.